The molecule has 2 N–H and O–H groups in total. The smallest absolute Gasteiger partial charge is 0.262 e. The molecule has 1 heterocycles. The lowest BCUT2D eigenvalue weighted by Crippen LogP contribution is -2.27. The summed E-state index contributed by atoms with van der Waals surface area (Å²) in [6, 6.07) is 8.65. The molecule has 29 heavy (non-hydrogen) atoms. The molecule has 0 aromatic heterocycles. The molecule has 2 amide bonds. The van der Waals surface area contributed by atoms with Crippen molar-refractivity contribution in [3.63, 3.8) is 0 Å². The van der Waals surface area contributed by atoms with Gasteiger partial charge < -0.3 is 15.4 Å². The van der Waals surface area contributed by atoms with E-state index in [1.165, 1.54) is 13.0 Å². The zero-order chi connectivity index (χ0) is 21.3. The lowest BCUT2D eigenvalue weighted by Gasteiger charge is -2.21. The predicted octanol–water partition coefficient (Wildman–Crippen LogP) is 3.13. The van der Waals surface area contributed by atoms with Gasteiger partial charge in [0.2, 0.25) is 5.91 Å². The Kier molecular flexibility index (Phi) is 5.66. The van der Waals surface area contributed by atoms with E-state index in [0.717, 1.165) is 11.1 Å². The van der Waals surface area contributed by atoms with Crippen LogP contribution in [0.1, 0.15) is 30.0 Å². The first kappa shape index (κ1) is 20.9. The molecule has 7 nitrogen and oxygen atoms in total. The third kappa shape index (κ3) is 4.59. The normalized spacial score (nSPS) is 14.4. The maximum atomic E-state index is 13.1. The standard InChI is InChI=1S/C21H24N2O5S/c1-12-5-13(2)7-16(6-12)22-20(24)9-15(4)29(26,27)19-10-18-17(8-14(19)3)23-21(25)11-28-18/h5-8,10,15H,9,11H2,1-4H3,(H,22,24)(H,23,25)/t15-/m0/s1. The number of sulfone groups is 1. The predicted molar refractivity (Wildman–Crippen MR) is 111 cm³/mol. The monoisotopic (exact) mass is 416 g/mol. The number of ether oxygens (including phenoxy) is 1. The number of hydrogen-bond acceptors (Lipinski definition) is 5. The summed E-state index contributed by atoms with van der Waals surface area (Å²) >= 11 is 0. The third-order valence-corrected chi connectivity index (χ3v) is 7.00. The van der Waals surface area contributed by atoms with Gasteiger partial charge in [0, 0.05) is 18.2 Å². The first-order valence-electron chi connectivity index (χ1n) is 9.25. The lowest BCUT2D eigenvalue weighted by atomic mass is 10.1. The molecule has 1 aliphatic rings. The second-order valence-electron chi connectivity index (χ2n) is 7.44. The van der Waals surface area contributed by atoms with E-state index in [2.05, 4.69) is 10.6 Å². The van der Waals surface area contributed by atoms with Crippen LogP contribution in [0.4, 0.5) is 11.4 Å². The SMILES string of the molecule is Cc1cc(C)cc(NC(=O)C[C@H](C)S(=O)(=O)c2cc3c(cc2C)NC(=O)CO3)c1. The Balaban J connectivity index is 1.78. The van der Waals surface area contributed by atoms with E-state index in [0.29, 0.717) is 22.7 Å². The van der Waals surface area contributed by atoms with E-state index in [1.54, 1.807) is 13.0 Å². The van der Waals surface area contributed by atoms with Gasteiger partial charge in [0.15, 0.2) is 16.4 Å². The molecule has 1 aliphatic heterocycles. The van der Waals surface area contributed by atoms with Gasteiger partial charge in [-0.3, -0.25) is 9.59 Å². The van der Waals surface area contributed by atoms with Crippen molar-refractivity contribution in [1.29, 1.82) is 0 Å². The molecule has 0 saturated carbocycles. The van der Waals surface area contributed by atoms with Crippen molar-refractivity contribution in [2.75, 3.05) is 17.2 Å². The van der Waals surface area contributed by atoms with E-state index in [4.69, 9.17) is 4.74 Å². The van der Waals surface area contributed by atoms with Crippen LogP contribution in [-0.2, 0) is 19.4 Å². The van der Waals surface area contributed by atoms with Crippen LogP contribution >= 0.6 is 0 Å². The fourth-order valence-corrected chi connectivity index (χ4v) is 4.95. The van der Waals surface area contributed by atoms with E-state index in [1.807, 2.05) is 32.0 Å². The number of rotatable bonds is 5. The molecule has 0 fully saturated rings. The number of hydrogen-bond donors (Lipinski definition) is 2. The van der Waals surface area contributed by atoms with Crippen LogP contribution in [0.5, 0.6) is 5.75 Å². The van der Waals surface area contributed by atoms with Crippen LogP contribution in [0.15, 0.2) is 35.2 Å². The summed E-state index contributed by atoms with van der Waals surface area (Å²) in [4.78, 5) is 24.0. The van der Waals surface area contributed by atoms with Crippen LogP contribution in [0.2, 0.25) is 0 Å². The summed E-state index contributed by atoms with van der Waals surface area (Å²) in [5.41, 5.74) is 3.59. The molecule has 0 bridgehead atoms. The second-order valence-corrected chi connectivity index (χ2v) is 9.77. The molecular weight excluding hydrogens is 392 g/mol. The van der Waals surface area contributed by atoms with E-state index in [-0.39, 0.29) is 29.7 Å². The summed E-state index contributed by atoms with van der Waals surface area (Å²) in [6.07, 6.45) is -0.177. The van der Waals surface area contributed by atoms with Gasteiger partial charge >= 0.3 is 0 Å². The van der Waals surface area contributed by atoms with Crippen molar-refractivity contribution >= 4 is 33.0 Å². The Morgan fingerprint density at radius 3 is 2.45 bits per heavy atom. The zero-order valence-corrected chi connectivity index (χ0v) is 17.6. The average Bonchev–Trinajstić information content (AvgIpc) is 2.59. The molecule has 1 atom stereocenters. The minimum Gasteiger partial charge on any atom is -0.482 e. The highest BCUT2D eigenvalue weighted by molar-refractivity contribution is 7.92. The van der Waals surface area contributed by atoms with E-state index < -0.39 is 15.1 Å². The highest BCUT2D eigenvalue weighted by Crippen LogP contribution is 2.34. The number of nitrogens with one attached hydrogen (secondary N) is 2. The second kappa shape index (κ2) is 7.87. The van der Waals surface area contributed by atoms with Gasteiger partial charge in [0.1, 0.15) is 5.75 Å². The van der Waals surface area contributed by atoms with Gasteiger partial charge in [-0.15, -0.1) is 0 Å². The molecule has 0 saturated heterocycles. The van der Waals surface area contributed by atoms with Crippen LogP contribution in [0, 0.1) is 20.8 Å². The van der Waals surface area contributed by atoms with Crippen LogP contribution in [0.3, 0.4) is 0 Å². The number of amides is 2. The van der Waals surface area contributed by atoms with Crippen molar-refractivity contribution in [2.45, 2.75) is 44.3 Å². The van der Waals surface area contributed by atoms with Crippen molar-refractivity contribution in [3.05, 3.63) is 47.0 Å². The van der Waals surface area contributed by atoms with Crippen molar-refractivity contribution in [1.82, 2.24) is 0 Å². The summed E-state index contributed by atoms with van der Waals surface area (Å²) in [5, 5.41) is 4.50. The maximum absolute atomic E-state index is 13.1. The Morgan fingerprint density at radius 2 is 1.79 bits per heavy atom. The van der Waals surface area contributed by atoms with Crippen LogP contribution in [-0.4, -0.2) is 32.1 Å². The quantitative estimate of drug-likeness (QED) is 0.780. The first-order valence-corrected chi connectivity index (χ1v) is 10.8. The van der Waals surface area contributed by atoms with Crippen molar-refractivity contribution < 1.29 is 22.7 Å². The number of carbonyl (C=O) groups excluding carboxylic acids is 2. The molecule has 0 aliphatic carbocycles. The molecule has 3 rings (SSSR count). The number of fused-ring (bicyclic) bond motifs is 1. The van der Waals surface area contributed by atoms with E-state index >= 15 is 0 Å². The van der Waals surface area contributed by atoms with E-state index in [9.17, 15) is 18.0 Å². The number of carbonyl (C=O) groups is 2. The fraction of sp³-hybridized carbons (Fsp3) is 0.333. The Morgan fingerprint density at radius 1 is 1.14 bits per heavy atom. The van der Waals surface area contributed by atoms with Gasteiger partial charge in [0.25, 0.3) is 5.91 Å². The molecule has 0 unspecified atom stereocenters. The third-order valence-electron chi connectivity index (χ3n) is 4.72. The molecule has 2 aromatic rings. The summed E-state index contributed by atoms with van der Waals surface area (Å²) < 4.78 is 31.5. The molecule has 0 spiro atoms. The zero-order valence-electron chi connectivity index (χ0n) is 16.8. The minimum absolute atomic E-state index is 0.0964. The largest absolute Gasteiger partial charge is 0.482 e. The fourth-order valence-electron chi connectivity index (χ4n) is 3.37. The van der Waals surface area contributed by atoms with Gasteiger partial charge in [-0.2, -0.15) is 0 Å². The van der Waals surface area contributed by atoms with Crippen molar-refractivity contribution in [2.24, 2.45) is 0 Å². The first-order chi connectivity index (χ1) is 13.6. The lowest BCUT2D eigenvalue weighted by molar-refractivity contribution is -0.118. The van der Waals surface area contributed by atoms with Gasteiger partial charge in [-0.05, 0) is 62.6 Å². The number of benzene rings is 2. The Hall–Kier alpha value is -2.87. The summed E-state index contributed by atoms with van der Waals surface area (Å²) in [5.74, 6) is -0.352. The Bertz CT molecular complexity index is 1070. The molecule has 2 aromatic carbocycles. The van der Waals surface area contributed by atoms with Gasteiger partial charge in [-0.1, -0.05) is 6.07 Å². The topological polar surface area (TPSA) is 102 Å². The molecular formula is C21H24N2O5S. The Labute approximate surface area is 170 Å². The van der Waals surface area contributed by atoms with Crippen LogP contribution in [0.25, 0.3) is 0 Å². The van der Waals surface area contributed by atoms with Gasteiger partial charge in [-0.25, -0.2) is 8.42 Å². The minimum atomic E-state index is -3.77. The molecule has 8 heteroatoms. The maximum Gasteiger partial charge on any atom is 0.262 e. The van der Waals surface area contributed by atoms with Gasteiger partial charge in [0.05, 0.1) is 15.8 Å². The highest BCUT2D eigenvalue weighted by Gasteiger charge is 2.29. The average molecular weight is 416 g/mol. The highest BCUT2D eigenvalue weighted by atomic mass is 32.2. The van der Waals surface area contributed by atoms with Crippen LogP contribution < -0.4 is 15.4 Å². The number of anilines is 2. The molecule has 0 radical (unpaired) electrons. The number of aryl methyl sites for hydroxylation is 3. The summed E-state index contributed by atoms with van der Waals surface area (Å²) in [6.45, 7) is 6.86. The molecule has 154 valence electrons. The van der Waals surface area contributed by atoms with Crippen molar-refractivity contribution in [3.8, 4) is 5.75 Å². The summed E-state index contributed by atoms with van der Waals surface area (Å²) in [7, 11) is -3.77.